The normalized spacial score (nSPS) is 13.8. The molecule has 0 heteroatoms. The summed E-state index contributed by atoms with van der Waals surface area (Å²) in [7, 11) is 0. The molecule has 0 aromatic rings. The Kier molecular flexibility index (Phi) is 7.00. The van der Waals surface area contributed by atoms with Gasteiger partial charge >= 0.3 is 0 Å². The standard InChI is InChI=1S/C15H20/c1-6-9-11-14(8-3)15(13(4)5)12-10-7-2/h6-12H,1,4H2,2-3,5H3/b10-7-,11-9-,14-8+,15-12+. The van der Waals surface area contributed by atoms with E-state index in [-0.39, 0.29) is 0 Å². The smallest absolute Gasteiger partial charge is 0.0164 e. The molecule has 0 aliphatic carbocycles. The summed E-state index contributed by atoms with van der Waals surface area (Å²) in [5, 5.41) is 0. The van der Waals surface area contributed by atoms with Gasteiger partial charge in [-0.3, -0.25) is 0 Å². The highest BCUT2D eigenvalue weighted by atomic mass is 14.0. The molecular weight excluding hydrogens is 180 g/mol. The zero-order chi connectivity index (χ0) is 11.7. The van der Waals surface area contributed by atoms with Gasteiger partial charge in [-0.1, -0.05) is 61.3 Å². The van der Waals surface area contributed by atoms with Crippen molar-refractivity contribution in [1.29, 1.82) is 0 Å². The van der Waals surface area contributed by atoms with Crippen LogP contribution in [0.3, 0.4) is 0 Å². The van der Waals surface area contributed by atoms with E-state index in [1.54, 1.807) is 6.08 Å². The maximum Gasteiger partial charge on any atom is -0.0164 e. The molecule has 0 N–H and O–H groups in total. The van der Waals surface area contributed by atoms with Gasteiger partial charge < -0.3 is 0 Å². The fourth-order valence-electron chi connectivity index (χ4n) is 1.19. The van der Waals surface area contributed by atoms with Crippen LogP contribution in [-0.4, -0.2) is 0 Å². The molecular formula is C15H20. The fraction of sp³-hybridized carbons (Fsp3) is 0.200. The van der Waals surface area contributed by atoms with Crippen LogP contribution in [0.25, 0.3) is 0 Å². The number of rotatable bonds is 5. The Morgan fingerprint density at radius 3 is 2.20 bits per heavy atom. The second-order valence-electron chi connectivity index (χ2n) is 3.23. The van der Waals surface area contributed by atoms with E-state index < -0.39 is 0 Å². The lowest BCUT2D eigenvalue weighted by molar-refractivity contribution is 1.38. The largest absolute Gasteiger partial charge is 0.0991 e. The van der Waals surface area contributed by atoms with Gasteiger partial charge in [-0.2, -0.15) is 0 Å². The Balaban J connectivity index is 5.14. The van der Waals surface area contributed by atoms with Crippen molar-refractivity contribution < 1.29 is 0 Å². The molecule has 0 aliphatic heterocycles. The molecule has 0 bridgehead atoms. The molecule has 0 spiro atoms. The van der Waals surface area contributed by atoms with Crippen LogP contribution >= 0.6 is 0 Å². The molecule has 0 aromatic carbocycles. The van der Waals surface area contributed by atoms with E-state index >= 15 is 0 Å². The predicted molar refractivity (Wildman–Crippen MR) is 70.8 cm³/mol. The van der Waals surface area contributed by atoms with Crippen molar-refractivity contribution in [2.24, 2.45) is 0 Å². The van der Waals surface area contributed by atoms with E-state index in [9.17, 15) is 0 Å². The molecule has 0 heterocycles. The lowest BCUT2D eigenvalue weighted by atomic mass is 9.99. The highest BCUT2D eigenvalue weighted by Crippen LogP contribution is 2.19. The van der Waals surface area contributed by atoms with E-state index in [1.807, 2.05) is 45.1 Å². The third-order valence-electron chi connectivity index (χ3n) is 1.95. The van der Waals surface area contributed by atoms with Gasteiger partial charge in [0, 0.05) is 0 Å². The zero-order valence-corrected chi connectivity index (χ0v) is 9.96. The second-order valence-corrected chi connectivity index (χ2v) is 3.23. The zero-order valence-electron chi connectivity index (χ0n) is 9.96. The predicted octanol–water partition coefficient (Wildman–Crippen LogP) is 4.75. The summed E-state index contributed by atoms with van der Waals surface area (Å²) in [5.74, 6) is 0. The van der Waals surface area contributed by atoms with Gasteiger partial charge in [-0.05, 0) is 31.9 Å². The third kappa shape index (κ3) is 5.02. The first-order chi connectivity index (χ1) is 7.17. The molecule has 0 nitrogen and oxygen atoms in total. The first-order valence-corrected chi connectivity index (χ1v) is 5.12. The Bertz CT molecular complexity index is 333. The van der Waals surface area contributed by atoms with Crippen LogP contribution in [0.15, 0.2) is 72.4 Å². The highest BCUT2D eigenvalue weighted by molar-refractivity contribution is 5.51. The summed E-state index contributed by atoms with van der Waals surface area (Å²) >= 11 is 0. The Labute approximate surface area is 93.7 Å². The molecule has 0 unspecified atom stereocenters. The fourth-order valence-corrected chi connectivity index (χ4v) is 1.19. The first-order valence-electron chi connectivity index (χ1n) is 5.12. The van der Waals surface area contributed by atoms with Gasteiger partial charge in [0.15, 0.2) is 0 Å². The van der Waals surface area contributed by atoms with E-state index in [4.69, 9.17) is 0 Å². The van der Waals surface area contributed by atoms with Crippen molar-refractivity contribution in [2.45, 2.75) is 20.8 Å². The molecule has 0 saturated carbocycles. The van der Waals surface area contributed by atoms with Gasteiger partial charge in [0.1, 0.15) is 0 Å². The summed E-state index contributed by atoms with van der Waals surface area (Å²) in [4.78, 5) is 0. The molecule has 0 aromatic heterocycles. The first kappa shape index (κ1) is 13.4. The van der Waals surface area contributed by atoms with Crippen molar-refractivity contribution in [3.05, 3.63) is 72.4 Å². The van der Waals surface area contributed by atoms with E-state index in [1.165, 1.54) is 5.57 Å². The molecule has 0 rings (SSSR count). The van der Waals surface area contributed by atoms with Crippen molar-refractivity contribution in [3.63, 3.8) is 0 Å². The topological polar surface area (TPSA) is 0 Å². The van der Waals surface area contributed by atoms with Crippen LogP contribution < -0.4 is 0 Å². The van der Waals surface area contributed by atoms with Gasteiger partial charge in [-0.25, -0.2) is 0 Å². The Morgan fingerprint density at radius 2 is 1.80 bits per heavy atom. The van der Waals surface area contributed by atoms with Crippen LogP contribution in [-0.2, 0) is 0 Å². The van der Waals surface area contributed by atoms with Crippen LogP contribution in [0.4, 0.5) is 0 Å². The highest BCUT2D eigenvalue weighted by Gasteiger charge is 2.00. The van der Waals surface area contributed by atoms with Crippen LogP contribution in [0.1, 0.15) is 20.8 Å². The van der Waals surface area contributed by atoms with Gasteiger partial charge in [0.25, 0.3) is 0 Å². The maximum absolute atomic E-state index is 3.98. The Hall–Kier alpha value is -1.56. The minimum absolute atomic E-state index is 1.06. The van der Waals surface area contributed by atoms with Crippen LogP contribution in [0.5, 0.6) is 0 Å². The minimum atomic E-state index is 1.06. The molecule has 0 aliphatic rings. The number of hydrogen-bond donors (Lipinski definition) is 0. The molecule has 0 atom stereocenters. The minimum Gasteiger partial charge on any atom is -0.0991 e. The summed E-state index contributed by atoms with van der Waals surface area (Å²) in [5.41, 5.74) is 3.39. The van der Waals surface area contributed by atoms with Crippen molar-refractivity contribution in [3.8, 4) is 0 Å². The third-order valence-corrected chi connectivity index (χ3v) is 1.95. The van der Waals surface area contributed by atoms with Crippen molar-refractivity contribution in [2.75, 3.05) is 0 Å². The van der Waals surface area contributed by atoms with E-state index in [0.29, 0.717) is 0 Å². The quantitative estimate of drug-likeness (QED) is 0.562. The van der Waals surface area contributed by atoms with E-state index in [0.717, 1.165) is 11.1 Å². The van der Waals surface area contributed by atoms with Crippen LogP contribution in [0.2, 0.25) is 0 Å². The maximum atomic E-state index is 3.98. The molecule has 0 radical (unpaired) electrons. The molecule has 80 valence electrons. The van der Waals surface area contributed by atoms with Crippen molar-refractivity contribution >= 4 is 0 Å². The summed E-state index contributed by atoms with van der Waals surface area (Å²) in [6.45, 7) is 13.7. The van der Waals surface area contributed by atoms with Gasteiger partial charge in [0.2, 0.25) is 0 Å². The SMILES string of the molecule is C=C\C=C/C(=C\C)C(=C/C=C\C)/C(=C)C. The Morgan fingerprint density at radius 1 is 1.13 bits per heavy atom. The molecule has 0 fully saturated rings. The molecule has 0 saturated heterocycles. The average Bonchev–Trinajstić information content (AvgIpc) is 2.22. The summed E-state index contributed by atoms with van der Waals surface area (Å²) < 4.78 is 0. The number of allylic oxidation sites excluding steroid dienone is 10. The van der Waals surface area contributed by atoms with E-state index in [2.05, 4.69) is 25.3 Å². The lowest BCUT2D eigenvalue weighted by Crippen LogP contribution is -1.87. The summed E-state index contributed by atoms with van der Waals surface area (Å²) in [6, 6.07) is 0. The monoisotopic (exact) mass is 200 g/mol. The van der Waals surface area contributed by atoms with Gasteiger partial charge in [-0.15, -0.1) is 0 Å². The summed E-state index contributed by atoms with van der Waals surface area (Å²) in [6.07, 6.45) is 13.9. The van der Waals surface area contributed by atoms with Crippen molar-refractivity contribution in [1.82, 2.24) is 0 Å². The molecule has 15 heavy (non-hydrogen) atoms. The second kappa shape index (κ2) is 7.81. The van der Waals surface area contributed by atoms with Crippen LogP contribution in [0, 0.1) is 0 Å². The average molecular weight is 200 g/mol. The number of hydrogen-bond acceptors (Lipinski definition) is 0. The molecule has 0 amide bonds. The lowest BCUT2D eigenvalue weighted by Gasteiger charge is -2.06. The van der Waals surface area contributed by atoms with Gasteiger partial charge in [0.05, 0.1) is 0 Å².